The summed E-state index contributed by atoms with van der Waals surface area (Å²) < 4.78 is 27.9. The molecule has 218 valence electrons. The van der Waals surface area contributed by atoms with Crippen LogP contribution in [-0.2, 0) is 36.2 Å². The zero-order chi connectivity index (χ0) is 29.2. The number of hydrogen-bond donors (Lipinski definition) is 2. The molecule has 0 saturated carbocycles. The van der Waals surface area contributed by atoms with E-state index in [0.717, 1.165) is 73.2 Å². The van der Waals surface area contributed by atoms with Crippen LogP contribution in [0.4, 0.5) is 0 Å². The second-order valence-corrected chi connectivity index (χ2v) is 12.4. The van der Waals surface area contributed by atoms with Crippen LogP contribution in [0.15, 0.2) is 78.9 Å². The van der Waals surface area contributed by atoms with E-state index in [1.807, 2.05) is 18.2 Å². The first-order valence-electron chi connectivity index (χ1n) is 14.5. The number of aromatic nitrogens is 2. The fourth-order valence-electron chi connectivity index (χ4n) is 4.97. The fraction of sp³-hybridized carbons (Fsp3) is 0.364. The SMILES string of the molecule is CCCCN(Cc1ccc(CNS(C)(=O)=O)c(O)c1)Cc1c(-c2ccccc2)nc(-c2ccccc2)n1CCCC. The second-order valence-electron chi connectivity index (χ2n) is 10.6. The lowest BCUT2D eigenvalue weighted by molar-refractivity contribution is 0.246. The summed E-state index contributed by atoms with van der Waals surface area (Å²) in [5.74, 6) is 1.09. The highest BCUT2D eigenvalue weighted by atomic mass is 32.2. The number of benzene rings is 3. The Morgan fingerprint density at radius 3 is 2.15 bits per heavy atom. The van der Waals surface area contributed by atoms with Crippen LogP contribution >= 0.6 is 0 Å². The minimum Gasteiger partial charge on any atom is -0.508 e. The van der Waals surface area contributed by atoms with Crippen LogP contribution in [0, 0.1) is 0 Å². The topological polar surface area (TPSA) is 87.5 Å². The van der Waals surface area contributed by atoms with Crippen molar-refractivity contribution in [3.05, 3.63) is 95.7 Å². The van der Waals surface area contributed by atoms with Gasteiger partial charge in [-0.3, -0.25) is 4.90 Å². The molecule has 0 saturated heterocycles. The number of imidazole rings is 1. The lowest BCUT2D eigenvalue weighted by Crippen LogP contribution is -2.26. The molecule has 3 aromatic carbocycles. The number of aromatic hydroxyl groups is 1. The first-order valence-corrected chi connectivity index (χ1v) is 16.4. The molecule has 0 fully saturated rings. The summed E-state index contributed by atoms with van der Waals surface area (Å²) in [5, 5.41) is 10.7. The van der Waals surface area contributed by atoms with Crippen molar-refractivity contribution in [1.29, 1.82) is 0 Å². The van der Waals surface area contributed by atoms with Gasteiger partial charge in [-0.25, -0.2) is 18.1 Å². The van der Waals surface area contributed by atoms with Crippen LogP contribution in [0.2, 0.25) is 0 Å². The van der Waals surface area contributed by atoms with Crippen molar-refractivity contribution >= 4 is 10.0 Å². The number of rotatable bonds is 15. The highest BCUT2D eigenvalue weighted by Crippen LogP contribution is 2.31. The van der Waals surface area contributed by atoms with E-state index in [4.69, 9.17) is 4.98 Å². The van der Waals surface area contributed by atoms with E-state index in [-0.39, 0.29) is 12.3 Å². The molecule has 0 aliphatic rings. The molecular weight excluding hydrogens is 532 g/mol. The lowest BCUT2D eigenvalue weighted by Gasteiger charge is -2.24. The van der Waals surface area contributed by atoms with Gasteiger partial charge in [-0.15, -0.1) is 0 Å². The summed E-state index contributed by atoms with van der Waals surface area (Å²) in [4.78, 5) is 7.67. The predicted octanol–water partition coefficient (Wildman–Crippen LogP) is 6.57. The van der Waals surface area contributed by atoms with Gasteiger partial charge in [0.1, 0.15) is 11.6 Å². The number of sulfonamides is 1. The van der Waals surface area contributed by atoms with Crippen LogP contribution in [0.1, 0.15) is 56.4 Å². The molecule has 1 aromatic heterocycles. The van der Waals surface area contributed by atoms with Gasteiger partial charge < -0.3 is 9.67 Å². The molecule has 8 heteroatoms. The summed E-state index contributed by atoms with van der Waals surface area (Å²) in [6.45, 7) is 7.63. The maximum Gasteiger partial charge on any atom is 0.209 e. The highest BCUT2D eigenvalue weighted by molar-refractivity contribution is 7.88. The van der Waals surface area contributed by atoms with Crippen molar-refractivity contribution in [2.45, 2.75) is 65.7 Å². The van der Waals surface area contributed by atoms with E-state index in [0.29, 0.717) is 18.7 Å². The molecule has 0 aliphatic carbocycles. The van der Waals surface area contributed by atoms with Gasteiger partial charge in [0.15, 0.2) is 0 Å². The number of hydrogen-bond acceptors (Lipinski definition) is 5. The zero-order valence-corrected chi connectivity index (χ0v) is 25.2. The standard InChI is InChI=1S/C33H42N4O3S/c1-4-6-20-36(24-26-18-19-29(31(38)22-26)23-34-41(3,39)40)25-30-32(27-14-10-8-11-15-27)35-33(37(30)21-7-5-2)28-16-12-9-13-17-28/h8-19,22,34,38H,4-7,20-21,23-25H2,1-3H3. The Bertz CT molecular complexity index is 1500. The third-order valence-corrected chi connectivity index (χ3v) is 7.84. The number of nitrogens with zero attached hydrogens (tertiary/aromatic N) is 3. The van der Waals surface area contributed by atoms with Crippen molar-refractivity contribution in [1.82, 2.24) is 19.2 Å². The van der Waals surface area contributed by atoms with Gasteiger partial charge in [0.2, 0.25) is 10.0 Å². The molecule has 4 rings (SSSR count). The van der Waals surface area contributed by atoms with Crippen molar-refractivity contribution in [2.75, 3.05) is 12.8 Å². The van der Waals surface area contributed by atoms with Crippen LogP contribution in [0.3, 0.4) is 0 Å². The average molecular weight is 575 g/mol. The van der Waals surface area contributed by atoms with E-state index < -0.39 is 10.0 Å². The van der Waals surface area contributed by atoms with Crippen molar-refractivity contribution in [3.63, 3.8) is 0 Å². The molecule has 0 aliphatic heterocycles. The van der Waals surface area contributed by atoms with Gasteiger partial charge in [0.05, 0.1) is 17.6 Å². The van der Waals surface area contributed by atoms with Gasteiger partial charge in [-0.05, 0) is 31.0 Å². The Morgan fingerprint density at radius 1 is 0.878 bits per heavy atom. The second kappa shape index (κ2) is 14.4. The van der Waals surface area contributed by atoms with Crippen LogP contribution in [0.25, 0.3) is 22.6 Å². The van der Waals surface area contributed by atoms with Crippen molar-refractivity contribution in [3.8, 4) is 28.4 Å². The Hall–Kier alpha value is -3.46. The molecule has 41 heavy (non-hydrogen) atoms. The van der Waals surface area contributed by atoms with E-state index in [2.05, 4.69) is 76.6 Å². The molecule has 1 heterocycles. The monoisotopic (exact) mass is 574 g/mol. The molecule has 0 radical (unpaired) electrons. The van der Waals surface area contributed by atoms with Crippen LogP contribution in [-0.4, -0.2) is 40.8 Å². The number of unbranched alkanes of at least 4 members (excludes halogenated alkanes) is 2. The third-order valence-electron chi connectivity index (χ3n) is 7.17. The number of phenols is 1. The number of nitrogens with one attached hydrogen (secondary N) is 1. The Morgan fingerprint density at radius 2 is 1.54 bits per heavy atom. The lowest BCUT2D eigenvalue weighted by atomic mass is 10.1. The maximum atomic E-state index is 11.5. The third kappa shape index (κ3) is 8.52. The van der Waals surface area contributed by atoms with Gasteiger partial charge in [0, 0.05) is 42.9 Å². The summed E-state index contributed by atoms with van der Waals surface area (Å²) in [6.07, 6.45) is 5.39. The van der Waals surface area contributed by atoms with E-state index in [1.165, 1.54) is 5.69 Å². The summed E-state index contributed by atoms with van der Waals surface area (Å²) >= 11 is 0. The first-order chi connectivity index (χ1) is 19.8. The molecule has 2 N–H and O–H groups in total. The Kier molecular flexibility index (Phi) is 10.7. The predicted molar refractivity (Wildman–Crippen MR) is 167 cm³/mol. The smallest absolute Gasteiger partial charge is 0.209 e. The van der Waals surface area contributed by atoms with Gasteiger partial charge >= 0.3 is 0 Å². The summed E-state index contributed by atoms with van der Waals surface area (Å²) in [7, 11) is -3.35. The van der Waals surface area contributed by atoms with Crippen LogP contribution < -0.4 is 4.72 Å². The van der Waals surface area contributed by atoms with E-state index in [9.17, 15) is 13.5 Å². The maximum absolute atomic E-state index is 11.5. The average Bonchev–Trinajstić information content (AvgIpc) is 3.32. The minimum atomic E-state index is -3.35. The highest BCUT2D eigenvalue weighted by Gasteiger charge is 2.22. The Balaban J connectivity index is 1.71. The zero-order valence-electron chi connectivity index (χ0n) is 24.4. The molecular formula is C33H42N4O3S. The Labute approximate surface area is 244 Å². The van der Waals surface area contributed by atoms with E-state index >= 15 is 0 Å². The first kappa shape index (κ1) is 30.5. The van der Waals surface area contributed by atoms with Gasteiger partial charge in [-0.1, -0.05) is 99.5 Å². The van der Waals surface area contributed by atoms with Crippen molar-refractivity contribution < 1.29 is 13.5 Å². The number of phenolic OH excluding ortho intramolecular Hbond substituents is 1. The molecule has 0 atom stereocenters. The molecule has 0 unspecified atom stereocenters. The molecule has 0 amide bonds. The molecule has 7 nitrogen and oxygen atoms in total. The molecule has 4 aromatic rings. The summed E-state index contributed by atoms with van der Waals surface area (Å²) in [5.41, 5.74) is 5.94. The minimum absolute atomic E-state index is 0.0593. The normalized spacial score (nSPS) is 11.8. The molecule has 0 spiro atoms. The van der Waals surface area contributed by atoms with Gasteiger partial charge in [-0.2, -0.15) is 0 Å². The molecule has 0 bridgehead atoms. The fourth-order valence-corrected chi connectivity index (χ4v) is 5.39. The van der Waals surface area contributed by atoms with Gasteiger partial charge in [0.25, 0.3) is 0 Å². The van der Waals surface area contributed by atoms with Crippen LogP contribution in [0.5, 0.6) is 5.75 Å². The van der Waals surface area contributed by atoms with E-state index in [1.54, 1.807) is 12.1 Å². The summed E-state index contributed by atoms with van der Waals surface area (Å²) in [6, 6.07) is 26.3. The largest absolute Gasteiger partial charge is 0.508 e. The van der Waals surface area contributed by atoms with Crippen molar-refractivity contribution in [2.24, 2.45) is 0 Å². The quantitative estimate of drug-likeness (QED) is 0.168.